The molecule has 0 aromatic heterocycles. The summed E-state index contributed by atoms with van der Waals surface area (Å²) in [7, 11) is 0. The van der Waals surface area contributed by atoms with Crippen LogP contribution in [-0.4, -0.2) is 30.4 Å². The molecule has 0 aliphatic carbocycles. The molecule has 0 radical (unpaired) electrons. The molecule has 2 aromatic rings. The van der Waals surface area contributed by atoms with E-state index in [-0.39, 0.29) is 11.9 Å². The third kappa shape index (κ3) is 5.48. The zero-order valence-corrected chi connectivity index (χ0v) is 16.3. The Labute approximate surface area is 161 Å². The van der Waals surface area contributed by atoms with E-state index in [1.165, 1.54) is 0 Å². The van der Waals surface area contributed by atoms with Gasteiger partial charge in [-0.1, -0.05) is 61.8 Å². The molecule has 2 aromatic carbocycles. The van der Waals surface area contributed by atoms with Gasteiger partial charge in [0.15, 0.2) is 0 Å². The van der Waals surface area contributed by atoms with Crippen LogP contribution in [0.3, 0.4) is 0 Å². The lowest BCUT2D eigenvalue weighted by Gasteiger charge is -2.31. The number of benzene rings is 2. The van der Waals surface area contributed by atoms with E-state index in [2.05, 4.69) is 24.1 Å². The Morgan fingerprint density at radius 3 is 2.42 bits per heavy atom. The standard InChI is InChI=1S/C21H28ClN3O/c1-3-25(4-2)20(17-10-6-7-11-18(17)22)15-24-21(26)14-13-16-9-5-8-12-19(16)23/h5-12,20H,3-4,13-15,23H2,1-2H3,(H,24,26). The van der Waals surface area contributed by atoms with Crippen LogP contribution < -0.4 is 11.1 Å². The maximum Gasteiger partial charge on any atom is 0.220 e. The Balaban J connectivity index is 1.99. The van der Waals surface area contributed by atoms with Crippen molar-refractivity contribution in [1.29, 1.82) is 0 Å². The molecule has 3 N–H and O–H groups in total. The van der Waals surface area contributed by atoms with Crippen molar-refractivity contribution in [1.82, 2.24) is 10.2 Å². The highest BCUT2D eigenvalue weighted by Crippen LogP contribution is 2.27. The van der Waals surface area contributed by atoms with Gasteiger partial charge >= 0.3 is 0 Å². The number of nitrogens with one attached hydrogen (secondary N) is 1. The third-order valence-corrected chi connectivity index (χ3v) is 5.03. The van der Waals surface area contributed by atoms with E-state index < -0.39 is 0 Å². The predicted molar refractivity (Wildman–Crippen MR) is 109 cm³/mol. The van der Waals surface area contributed by atoms with Crippen molar-refractivity contribution in [2.45, 2.75) is 32.7 Å². The van der Waals surface area contributed by atoms with Crippen LogP contribution in [0.25, 0.3) is 0 Å². The monoisotopic (exact) mass is 373 g/mol. The van der Waals surface area contributed by atoms with Crippen LogP contribution in [0.1, 0.15) is 37.4 Å². The first-order chi connectivity index (χ1) is 12.6. The summed E-state index contributed by atoms with van der Waals surface area (Å²) < 4.78 is 0. The van der Waals surface area contributed by atoms with E-state index in [1.54, 1.807) is 0 Å². The number of carbonyl (C=O) groups excluding carboxylic acids is 1. The van der Waals surface area contributed by atoms with Gasteiger partial charge in [0.05, 0.1) is 6.04 Å². The summed E-state index contributed by atoms with van der Waals surface area (Å²) in [5.74, 6) is 0.0254. The number of nitrogens with zero attached hydrogens (tertiary/aromatic N) is 1. The van der Waals surface area contributed by atoms with Gasteiger partial charge in [0.1, 0.15) is 0 Å². The van der Waals surface area contributed by atoms with E-state index in [9.17, 15) is 4.79 Å². The van der Waals surface area contributed by atoms with Gasteiger partial charge in [-0.15, -0.1) is 0 Å². The fourth-order valence-electron chi connectivity index (χ4n) is 3.15. The minimum atomic E-state index is 0.0254. The molecular weight excluding hydrogens is 346 g/mol. The van der Waals surface area contributed by atoms with Crippen molar-refractivity contribution in [2.24, 2.45) is 0 Å². The highest BCUT2D eigenvalue weighted by atomic mass is 35.5. The van der Waals surface area contributed by atoms with Crippen LogP contribution in [0.5, 0.6) is 0 Å². The van der Waals surface area contributed by atoms with E-state index in [4.69, 9.17) is 17.3 Å². The summed E-state index contributed by atoms with van der Waals surface area (Å²) in [5, 5.41) is 3.80. The maximum absolute atomic E-state index is 12.3. The topological polar surface area (TPSA) is 58.4 Å². The number of hydrogen-bond donors (Lipinski definition) is 2. The lowest BCUT2D eigenvalue weighted by Crippen LogP contribution is -2.38. The molecule has 1 amide bonds. The highest BCUT2D eigenvalue weighted by Gasteiger charge is 2.21. The second-order valence-corrected chi connectivity index (χ2v) is 6.67. The smallest absolute Gasteiger partial charge is 0.220 e. The van der Waals surface area contributed by atoms with Crippen molar-refractivity contribution in [2.75, 3.05) is 25.4 Å². The molecular formula is C21H28ClN3O. The molecule has 5 heteroatoms. The van der Waals surface area contributed by atoms with E-state index in [0.717, 1.165) is 34.9 Å². The summed E-state index contributed by atoms with van der Waals surface area (Å²) in [6, 6.07) is 15.6. The minimum Gasteiger partial charge on any atom is -0.399 e. The Hall–Kier alpha value is -2.04. The van der Waals surface area contributed by atoms with Gasteiger partial charge in [-0.05, 0) is 42.8 Å². The first-order valence-corrected chi connectivity index (χ1v) is 9.53. The zero-order chi connectivity index (χ0) is 18.9. The number of aryl methyl sites for hydroxylation is 1. The average molecular weight is 374 g/mol. The van der Waals surface area contributed by atoms with Gasteiger partial charge in [-0.2, -0.15) is 0 Å². The summed E-state index contributed by atoms with van der Waals surface area (Å²) in [6.45, 7) is 6.56. The normalized spacial score (nSPS) is 12.2. The van der Waals surface area contributed by atoms with Gasteiger partial charge in [-0.3, -0.25) is 9.69 Å². The van der Waals surface area contributed by atoms with Gasteiger partial charge in [0, 0.05) is 23.7 Å². The van der Waals surface area contributed by atoms with Gasteiger partial charge in [0.25, 0.3) is 0 Å². The second-order valence-electron chi connectivity index (χ2n) is 6.26. The molecule has 0 saturated heterocycles. The fourth-order valence-corrected chi connectivity index (χ4v) is 3.42. The molecule has 26 heavy (non-hydrogen) atoms. The first-order valence-electron chi connectivity index (χ1n) is 9.15. The van der Waals surface area contributed by atoms with Crippen LogP contribution in [0.15, 0.2) is 48.5 Å². The molecule has 0 heterocycles. The van der Waals surface area contributed by atoms with Crippen molar-refractivity contribution in [3.05, 3.63) is 64.7 Å². The van der Waals surface area contributed by atoms with Crippen LogP contribution >= 0.6 is 11.6 Å². The number of hydrogen-bond acceptors (Lipinski definition) is 3. The number of rotatable bonds is 9. The van der Waals surface area contributed by atoms with Crippen LogP contribution in [0.4, 0.5) is 5.69 Å². The quantitative estimate of drug-likeness (QED) is 0.652. The SMILES string of the molecule is CCN(CC)C(CNC(=O)CCc1ccccc1N)c1ccccc1Cl. The highest BCUT2D eigenvalue weighted by molar-refractivity contribution is 6.31. The van der Waals surface area contributed by atoms with E-state index in [1.807, 2.05) is 48.5 Å². The first kappa shape index (κ1) is 20.3. The summed E-state index contributed by atoms with van der Waals surface area (Å²) in [4.78, 5) is 14.6. The molecule has 140 valence electrons. The third-order valence-electron chi connectivity index (χ3n) is 4.69. The molecule has 0 fully saturated rings. The Bertz CT molecular complexity index is 716. The second kappa shape index (κ2) is 10.2. The summed E-state index contributed by atoms with van der Waals surface area (Å²) in [6.07, 6.45) is 1.06. The average Bonchev–Trinajstić information content (AvgIpc) is 2.65. The lowest BCUT2D eigenvalue weighted by molar-refractivity contribution is -0.121. The number of carbonyl (C=O) groups is 1. The number of para-hydroxylation sites is 1. The molecule has 0 aliphatic rings. The van der Waals surface area contributed by atoms with Crippen LogP contribution in [0.2, 0.25) is 5.02 Å². The van der Waals surface area contributed by atoms with Crippen LogP contribution in [-0.2, 0) is 11.2 Å². The lowest BCUT2D eigenvalue weighted by atomic mass is 10.0. The number of nitrogens with two attached hydrogens (primary N) is 1. The van der Waals surface area contributed by atoms with E-state index >= 15 is 0 Å². The molecule has 0 saturated carbocycles. The number of amides is 1. The van der Waals surface area contributed by atoms with Crippen molar-refractivity contribution < 1.29 is 4.79 Å². The molecule has 2 rings (SSSR count). The Morgan fingerprint density at radius 2 is 1.77 bits per heavy atom. The molecule has 0 spiro atoms. The van der Waals surface area contributed by atoms with Gasteiger partial charge < -0.3 is 11.1 Å². The Kier molecular flexibility index (Phi) is 7.95. The Morgan fingerprint density at radius 1 is 1.12 bits per heavy atom. The zero-order valence-electron chi connectivity index (χ0n) is 15.5. The number of halogens is 1. The fraction of sp³-hybridized carbons (Fsp3) is 0.381. The number of nitrogen functional groups attached to an aromatic ring is 1. The van der Waals surface area contributed by atoms with E-state index in [0.29, 0.717) is 19.4 Å². The maximum atomic E-state index is 12.3. The molecule has 4 nitrogen and oxygen atoms in total. The number of likely N-dealkylation sites (N-methyl/N-ethyl adjacent to an activating group) is 1. The number of anilines is 1. The van der Waals surface area contributed by atoms with Crippen LogP contribution in [0, 0.1) is 0 Å². The van der Waals surface area contributed by atoms with Gasteiger partial charge in [0.2, 0.25) is 5.91 Å². The largest absolute Gasteiger partial charge is 0.399 e. The molecule has 0 bridgehead atoms. The molecule has 0 aliphatic heterocycles. The predicted octanol–water partition coefficient (Wildman–Crippen LogP) is 4.05. The minimum absolute atomic E-state index is 0.0254. The van der Waals surface area contributed by atoms with Gasteiger partial charge in [-0.25, -0.2) is 0 Å². The van der Waals surface area contributed by atoms with Crippen molar-refractivity contribution in [3.8, 4) is 0 Å². The summed E-state index contributed by atoms with van der Waals surface area (Å²) in [5.41, 5.74) is 8.73. The van der Waals surface area contributed by atoms with Crippen molar-refractivity contribution in [3.63, 3.8) is 0 Å². The van der Waals surface area contributed by atoms with Crippen molar-refractivity contribution >= 4 is 23.2 Å². The molecule has 1 unspecified atom stereocenters. The summed E-state index contributed by atoms with van der Waals surface area (Å²) >= 11 is 6.40. The molecule has 1 atom stereocenters.